The predicted octanol–water partition coefficient (Wildman–Crippen LogP) is 2.43. The lowest BCUT2D eigenvalue weighted by Crippen LogP contribution is -2.06. The van der Waals surface area contributed by atoms with Gasteiger partial charge in [0.1, 0.15) is 6.10 Å². The highest BCUT2D eigenvalue weighted by atomic mass is 16.3. The van der Waals surface area contributed by atoms with Gasteiger partial charge in [-0.15, -0.1) is 0 Å². The normalized spacial score (nSPS) is 12.8. The largest absolute Gasteiger partial charge is 0.382 e. The average molecular weight is 230 g/mol. The van der Waals surface area contributed by atoms with Gasteiger partial charge in [0, 0.05) is 7.05 Å². The summed E-state index contributed by atoms with van der Waals surface area (Å²) in [6, 6.07) is 7.95. The first kappa shape index (κ1) is 11.9. The Hall–Kier alpha value is -1.61. The van der Waals surface area contributed by atoms with Gasteiger partial charge >= 0.3 is 0 Å². The van der Waals surface area contributed by atoms with Crippen LogP contribution in [0.5, 0.6) is 0 Å². The Kier molecular flexibility index (Phi) is 3.03. The Morgan fingerprint density at radius 1 is 1.12 bits per heavy atom. The monoisotopic (exact) mass is 230 g/mol. The molecule has 0 fully saturated rings. The second-order valence-corrected chi connectivity index (χ2v) is 4.58. The fourth-order valence-corrected chi connectivity index (χ4v) is 1.99. The molecule has 2 aromatic rings. The predicted molar refractivity (Wildman–Crippen MR) is 67.9 cm³/mol. The molecule has 2 rings (SSSR count). The van der Waals surface area contributed by atoms with E-state index >= 15 is 0 Å². The van der Waals surface area contributed by atoms with Crippen LogP contribution in [0.25, 0.3) is 0 Å². The highest BCUT2D eigenvalue weighted by Gasteiger charge is 2.15. The first-order valence-corrected chi connectivity index (χ1v) is 5.75. The van der Waals surface area contributed by atoms with E-state index in [0.717, 1.165) is 17.0 Å². The molecular weight excluding hydrogens is 212 g/mol. The molecule has 0 saturated heterocycles. The topological polar surface area (TPSA) is 38.0 Å². The highest BCUT2D eigenvalue weighted by Crippen LogP contribution is 2.23. The van der Waals surface area contributed by atoms with Gasteiger partial charge in [0.25, 0.3) is 0 Å². The zero-order valence-corrected chi connectivity index (χ0v) is 10.7. The second kappa shape index (κ2) is 4.34. The smallest absolute Gasteiger partial charge is 0.121 e. The van der Waals surface area contributed by atoms with Crippen LogP contribution in [0, 0.1) is 20.8 Å². The van der Waals surface area contributed by atoms with Crippen molar-refractivity contribution in [2.45, 2.75) is 26.9 Å². The van der Waals surface area contributed by atoms with Crippen LogP contribution < -0.4 is 0 Å². The summed E-state index contributed by atoms with van der Waals surface area (Å²) in [5.74, 6) is 0. The van der Waals surface area contributed by atoms with Gasteiger partial charge in [-0.1, -0.05) is 18.2 Å². The Balaban J connectivity index is 2.40. The molecule has 0 saturated carbocycles. The fraction of sp³-hybridized carbons (Fsp3) is 0.357. The van der Waals surface area contributed by atoms with Crippen LogP contribution in [0.2, 0.25) is 0 Å². The van der Waals surface area contributed by atoms with E-state index in [-0.39, 0.29) is 0 Å². The number of aliphatic hydroxyl groups is 1. The van der Waals surface area contributed by atoms with E-state index in [1.165, 1.54) is 11.1 Å². The van der Waals surface area contributed by atoms with Gasteiger partial charge < -0.3 is 5.11 Å². The van der Waals surface area contributed by atoms with Gasteiger partial charge in [-0.3, -0.25) is 4.68 Å². The molecular formula is C14H18N2O. The maximum absolute atomic E-state index is 10.3. The molecule has 1 aromatic heterocycles. The maximum Gasteiger partial charge on any atom is 0.121 e. The molecule has 0 bridgehead atoms. The first-order chi connectivity index (χ1) is 7.99. The Bertz CT molecular complexity index is 543. The van der Waals surface area contributed by atoms with Crippen LogP contribution in [0.3, 0.4) is 0 Å². The van der Waals surface area contributed by atoms with Crippen molar-refractivity contribution in [1.82, 2.24) is 9.78 Å². The minimum atomic E-state index is -0.611. The van der Waals surface area contributed by atoms with Gasteiger partial charge in [-0.2, -0.15) is 5.10 Å². The molecule has 90 valence electrons. The molecule has 3 heteroatoms. The molecule has 0 aliphatic heterocycles. The zero-order valence-electron chi connectivity index (χ0n) is 10.7. The minimum absolute atomic E-state index is 0.611. The molecule has 17 heavy (non-hydrogen) atoms. The zero-order chi connectivity index (χ0) is 12.6. The van der Waals surface area contributed by atoms with Gasteiger partial charge in [0.05, 0.1) is 11.4 Å². The third kappa shape index (κ3) is 2.24. The van der Waals surface area contributed by atoms with Gasteiger partial charge in [0.2, 0.25) is 0 Å². The summed E-state index contributed by atoms with van der Waals surface area (Å²) < 4.78 is 1.73. The van der Waals surface area contributed by atoms with Crippen molar-refractivity contribution in [2.24, 2.45) is 7.05 Å². The van der Waals surface area contributed by atoms with E-state index in [2.05, 4.69) is 18.9 Å². The summed E-state index contributed by atoms with van der Waals surface area (Å²) >= 11 is 0. The summed E-state index contributed by atoms with van der Waals surface area (Å²) in [6.45, 7) is 6.05. The molecule has 0 amide bonds. The summed E-state index contributed by atoms with van der Waals surface area (Å²) in [5, 5.41) is 14.6. The van der Waals surface area contributed by atoms with Crippen LogP contribution in [0.1, 0.15) is 34.2 Å². The average Bonchev–Trinajstić information content (AvgIpc) is 2.61. The standard InChI is InChI=1S/C14H18N2O/c1-9-5-6-12(7-10(9)2)14(17)13-8-11(3)15-16(13)4/h5-8,14,17H,1-4H3. The Morgan fingerprint density at radius 2 is 1.82 bits per heavy atom. The third-order valence-electron chi connectivity index (χ3n) is 3.17. The molecule has 1 N–H and O–H groups in total. The number of nitrogens with zero attached hydrogens (tertiary/aromatic N) is 2. The van der Waals surface area contributed by atoms with Crippen LogP contribution in [0.15, 0.2) is 24.3 Å². The maximum atomic E-state index is 10.3. The lowest BCUT2D eigenvalue weighted by Gasteiger charge is -2.13. The number of aryl methyl sites for hydroxylation is 4. The van der Waals surface area contributed by atoms with Crippen molar-refractivity contribution in [3.63, 3.8) is 0 Å². The van der Waals surface area contributed by atoms with Crippen molar-refractivity contribution in [1.29, 1.82) is 0 Å². The van der Waals surface area contributed by atoms with Crippen molar-refractivity contribution in [3.8, 4) is 0 Å². The van der Waals surface area contributed by atoms with E-state index in [9.17, 15) is 5.11 Å². The molecule has 0 aliphatic carbocycles. The number of hydrogen-bond donors (Lipinski definition) is 1. The summed E-state index contributed by atoms with van der Waals surface area (Å²) in [5.41, 5.74) is 5.09. The number of aliphatic hydroxyl groups excluding tert-OH is 1. The van der Waals surface area contributed by atoms with Crippen LogP contribution >= 0.6 is 0 Å². The molecule has 0 spiro atoms. The van der Waals surface area contributed by atoms with Crippen LogP contribution in [-0.2, 0) is 7.05 Å². The molecule has 1 atom stereocenters. The van der Waals surface area contributed by atoms with Crippen molar-refractivity contribution < 1.29 is 5.11 Å². The quantitative estimate of drug-likeness (QED) is 0.860. The van der Waals surface area contributed by atoms with E-state index in [4.69, 9.17) is 0 Å². The van der Waals surface area contributed by atoms with E-state index in [1.54, 1.807) is 4.68 Å². The molecule has 1 unspecified atom stereocenters. The van der Waals surface area contributed by atoms with Crippen LogP contribution in [-0.4, -0.2) is 14.9 Å². The van der Waals surface area contributed by atoms with Crippen molar-refractivity contribution in [2.75, 3.05) is 0 Å². The van der Waals surface area contributed by atoms with Crippen molar-refractivity contribution in [3.05, 3.63) is 52.3 Å². The summed E-state index contributed by atoms with van der Waals surface area (Å²) in [4.78, 5) is 0. The molecule has 0 radical (unpaired) electrons. The second-order valence-electron chi connectivity index (χ2n) is 4.58. The number of aromatic nitrogens is 2. The SMILES string of the molecule is Cc1cc(C(O)c2ccc(C)c(C)c2)n(C)n1. The number of rotatable bonds is 2. The Morgan fingerprint density at radius 3 is 2.35 bits per heavy atom. The number of benzene rings is 1. The number of hydrogen-bond acceptors (Lipinski definition) is 2. The Labute approximate surface area is 102 Å². The minimum Gasteiger partial charge on any atom is -0.382 e. The van der Waals surface area contributed by atoms with Gasteiger partial charge in [-0.05, 0) is 43.5 Å². The fourth-order valence-electron chi connectivity index (χ4n) is 1.99. The van der Waals surface area contributed by atoms with E-state index < -0.39 is 6.10 Å². The lowest BCUT2D eigenvalue weighted by molar-refractivity contribution is 0.209. The van der Waals surface area contributed by atoms with E-state index in [1.807, 2.05) is 38.2 Å². The molecule has 3 nitrogen and oxygen atoms in total. The molecule has 0 aliphatic rings. The third-order valence-corrected chi connectivity index (χ3v) is 3.17. The summed E-state index contributed by atoms with van der Waals surface area (Å²) in [7, 11) is 1.85. The van der Waals surface area contributed by atoms with E-state index in [0.29, 0.717) is 0 Å². The molecule has 1 heterocycles. The molecule has 1 aromatic carbocycles. The van der Waals surface area contributed by atoms with Gasteiger partial charge in [0.15, 0.2) is 0 Å². The van der Waals surface area contributed by atoms with Crippen molar-refractivity contribution >= 4 is 0 Å². The first-order valence-electron chi connectivity index (χ1n) is 5.75. The van der Waals surface area contributed by atoms with Crippen LogP contribution in [0.4, 0.5) is 0 Å². The summed E-state index contributed by atoms with van der Waals surface area (Å²) in [6.07, 6.45) is -0.611. The lowest BCUT2D eigenvalue weighted by atomic mass is 10.0. The van der Waals surface area contributed by atoms with Gasteiger partial charge in [-0.25, -0.2) is 0 Å². The highest BCUT2D eigenvalue weighted by molar-refractivity contribution is 5.34.